The van der Waals surface area contributed by atoms with Gasteiger partial charge in [-0.2, -0.15) is 4.98 Å². The van der Waals surface area contributed by atoms with Crippen molar-refractivity contribution in [1.82, 2.24) is 15.5 Å². The van der Waals surface area contributed by atoms with Crippen LogP contribution in [-0.4, -0.2) is 55.0 Å². The highest BCUT2D eigenvalue weighted by atomic mass is 16.5. The van der Waals surface area contributed by atoms with Crippen LogP contribution in [-0.2, 0) is 9.53 Å². The average molecular weight is 415 g/mol. The Kier molecular flexibility index (Phi) is 6.52. The Hall–Kier alpha value is -2.61. The number of carbonyl (C=O) groups is 1. The monoisotopic (exact) mass is 414 g/mol. The molecule has 2 unspecified atom stereocenters. The van der Waals surface area contributed by atoms with E-state index in [9.17, 15) is 4.79 Å². The zero-order valence-corrected chi connectivity index (χ0v) is 17.7. The van der Waals surface area contributed by atoms with Crippen LogP contribution >= 0.6 is 0 Å². The smallest absolute Gasteiger partial charge is 0.324 e. The van der Waals surface area contributed by atoms with Gasteiger partial charge in [0.2, 0.25) is 11.7 Å². The maximum atomic E-state index is 12.7. The number of methoxy groups -OCH3 is 1. The van der Waals surface area contributed by atoms with Crippen LogP contribution in [0, 0.1) is 5.92 Å². The molecule has 1 N–H and O–H groups in total. The predicted octanol–water partition coefficient (Wildman–Crippen LogP) is 3.04. The number of rotatable bonds is 6. The Morgan fingerprint density at radius 1 is 1.20 bits per heavy atom. The van der Waals surface area contributed by atoms with E-state index in [0.717, 1.165) is 56.7 Å². The molecule has 0 aliphatic carbocycles. The van der Waals surface area contributed by atoms with E-state index in [4.69, 9.17) is 14.0 Å². The zero-order chi connectivity index (χ0) is 20.9. The summed E-state index contributed by atoms with van der Waals surface area (Å²) in [5, 5.41) is 7.27. The molecular weight excluding hydrogens is 384 g/mol. The van der Waals surface area contributed by atoms with Gasteiger partial charge in [-0.25, -0.2) is 0 Å². The third-order valence-corrected chi connectivity index (χ3v) is 6.04. The first-order valence-corrected chi connectivity index (χ1v) is 10.8. The Morgan fingerprint density at radius 2 is 1.97 bits per heavy atom. The van der Waals surface area contributed by atoms with Crippen molar-refractivity contribution in [3.63, 3.8) is 0 Å². The summed E-state index contributed by atoms with van der Waals surface area (Å²) in [4.78, 5) is 19.3. The van der Waals surface area contributed by atoms with Crippen molar-refractivity contribution in [3.05, 3.63) is 24.3 Å². The molecule has 162 valence electrons. The Labute approximate surface area is 176 Å². The van der Waals surface area contributed by atoms with Crippen molar-refractivity contribution in [3.8, 4) is 17.1 Å². The van der Waals surface area contributed by atoms with E-state index in [1.54, 1.807) is 7.11 Å². The summed E-state index contributed by atoms with van der Waals surface area (Å²) in [6.07, 6.45) is 4.98. The Balaban J connectivity index is 1.29. The number of nitrogens with zero attached hydrogens (tertiary/aromatic N) is 3. The molecule has 0 spiro atoms. The van der Waals surface area contributed by atoms with E-state index >= 15 is 0 Å². The fourth-order valence-corrected chi connectivity index (χ4v) is 4.13. The summed E-state index contributed by atoms with van der Waals surface area (Å²) >= 11 is 0. The molecule has 2 aliphatic rings. The molecule has 2 fully saturated rings. The van der Waals surface area contributed by atoms with Gasteiger partial charge in [-0.05, 0) is 63.3 Å². The maximum Gasteiger partial charge on any atom is 0.324 e. The predicted molar refractivity (Wildman–Crippen MR) is 112 cm³/mol. The van der Waals surface area contributed by atoms with E-state index in [0.29, 0.717) is 11.8 Å². The number of nitrogens with one attached hydrogen (secondary N) is 1. The number of hydrogen-bond donors (Lipinski definition) is 1. The van der Waals surface area contributed by atoms with Crippen molar-refractivity contribution in [2.45, 2.75) is 51.2 Å². The summed E-state index contributed by atoms with van der Waals surface area (Å²) in [5.41, 5.74) is 0.874. The molecular formula is C22H30N4O4. The van der Waals surface area contributed by atoms with Gasteiger partial charge in [0.05, 0.1) is 19.3 Å². The molecule has 2 aromatic rings. The maximum absolute atomic E-state index is 12.7. The average Bonchev–Trinajstić information content (AvgIpc) is 3.30. The molecule has 30 heavy (non-hydrogen) atoms. The second kappa shape index (κ2) is 9.47. The molecule has 2 atom stereocenters. The number of amides is 1. The molecule has 8 heteroatoms. The zero-order valence-electron chi connectivity index (χ0n) is 17.7. The SMILES string of the molecule is COc1ccc(-c2noc(N3CCC(C(=O)NC(C)C4CCCCO4)CC3)n2)cc1. The highest BCUT2D eigenvalue weighted by Crippen LogP contribution is 2.26. The molecule has 0 bridgehead atoms. The molecule has 4 rings (SSSR count). The van der Waals surface area contributed by atoms with Gasteiger partial charge in [0.1, 0.15) is 5.75 Å². The van der Waals surface area contributed by atoms with Gasteiger partial charge in [-0.15, -0.1) is 0 Å². The lowest BCUT2D eigenvalue weighted by Crippen LogP contribution is -2.48. The number of benzene rings is 1. The van der Waals surface area contributed by atoms with E-state index in [1.165, 1.54) is 6.42 Å². The highest BCUT2D eigenvalue weighted by molar-refractivity contribution is 5.79. The third kappa shape index (κ3) is 4.75. The number of piperidine rings is 1. The second-order valence-corrected chi connectivity index (χ2v) is 8.09. The minimum absolute atomic E-state index is 0.0104. The molecule has 3 heterocycles. The van der Waals surface area contributed by atoms with Crippen LogP contribution in [0.5, 0.6) is 5.75 Å². The Bertz CT molecular complexity index is 824. The van der Waals surface area contributed by atoms with Gasteiger partial charge in [0.15, 0.2) is 0 Å². The van der Waals surface area contributed by atoms with Crippen LogP contribution in [0.2, 0.25) is 0 Å². The van der Waals surface area contributed by atoms with Crippen LogP contribution in [0.15, 0.2) is 28.8 Å². The number of anilines is 1. The van der Waals surface area contributed by atoms with Gasteiger partial charge < -0.3 is 24.2 Å². The normalized spacial score (nSPS) is 21.3. The fraction of sp³-hybridized carbons (Fsp3) is 0.591. The number of carbonyl (C=O) groups excluding carboxylic acids is 1. The van der Waals surface area contributed by atoms with Crippen molar-refractivity contribution < 1.29 is 18.8 Å². The first-order valence-electron chi connectivity index (χ1n) is 10.8. The number of ether oxygens (including phenoxy) is 2. The molecule has 1 amide bonds. The van der Waals surface area contributed by atoms with Crippen LogP contribution in [0.4, 0.5) is 6.01 Å². The summed E-state index contributed by atoms with van der Waals surface area (Å²) in [6, 6.07) is 8.11. The fourth-order valence-electron chi connectivity index (χ4n) is 4.13. The first-order chi connectivity index (χ1) is 14.6. The molecule has 2 aliphatic heterocycles. The van der Waals surface area contributed by atoms with Gasteiger partial charge in [-0.1, -0.05) is 5.16 Å². The molecule has 2 saturated heterocycles. The topological polar surface area (TPSA) is 89.7 Å². The number of aromatic nitrogens is 2. The van der Waals surface area contributed by atoms with Gasteiger partial charge in [0, 0.05) is 31.2 Å². The Morgan fingerprint density at radius 3 is 2.63 bits per heavy atom. The van der Waals surface area contributed by atoms with E-state index in [-0.39, 0.29) is 24.0 Å². The molecule has 0 saturated carbocycles. The summed E-state index contributed by atoms with van der Waals surface area (Å²) in [5.74, 6) is 1.47. The van der Waals surface area contributed by atoms with Crippen molar-refractivity contribution in [2.75, 3.05) is 31.7 Å². The van der Waals surface area contributed by atoms with Crippen LogP contribution in [0.25, 0.3) is 11.4 Å². The summed E-state index contributed by atoms with van der Waals surface area (Å²) in [7, 11) is 1.63. The molecule has 0 radical (unpaired) electrons. The van der Waals surface area contributed by atoms with E-state index in [1.807, 2.05) is 31.2 Å². The largest absolute Gasteiger partial charge is 0.497 e. The number of hydrogen-bond acceptors (Lipinski definition) is 7. The van der Waals surface area contributed by atoms with Crippen LogP contribution in [0.1, 0.15) is 39.0 Å². The summed E-state index contributed by atoms with van der Waals surface area (Å²) < 4.78 is 16.4. The molecule has 1 aromatic carbocycles. The van der Waals surface area contributed by atoms with E-state index in [2.05, 4.69) is 20.4 Å². The molecule has 1 aromatic heterocycles. The summed E-state index contributed by atoms with van der Waals surface area (Å²) in [6.45, 7) is 4.28. The minimum Gasteiger partial charge on any atom is -0.497 e. The first kappa shape index (κ1) is 20.7. The third-order valence-electron chi connectivity index (χ3n) is 6.04. The van der Waals surface area contributed by atoms with Crippen molar-refractivity contribution in [1.29, 1.82) is 0 Å². The van der Waals surface area contributed by atoms with Crippen LogP contribution < -0.4 is 15.0 Å². The highest BCUT2D eigenvalue weighted by Gasteiger charge is 2.30. The standard InChI is InChI=1S/C22H30N4O4/c1-15(19-5-3-4-14-29-19)23-21(27)17-10-12-26(13-11-17)22-24-20(25-30-22)16-6-8-18(28-2)9-7-16/h6-9,15,17,19H,3-5,10-14H2,1-2H3,(H,23,27). The van der Waals surface area contributed by atoms with Crippen molar-refractivity contribution >= 4 is 11.9 Å². The quantitative estimate of drug-likeness (QED) is 0.777. The molecule has 8 nitrogen and oxygen atoms in total. The lowest BCUT2D eigenvalue weighted by Gasteiger charge is -2.32. The van der Waals surface area contributed by atoms with Crippen molar-refractivity contribution in [2.24, 2.45) is 5.92 Å². The lowest BCUT2D eigenvalue weighted by atomic mass is 9.95. The van der Waals surface area contributed by atoms with Crippen LogP contribution in [0.3, 0.4) is 0 Å². The minimum atomic E-state index is 0.0104. The van der Waals surface area contributed by atoms with Gasteiger partial charge in [-0.3, -0.25) is 4.79 Å². The van der Waals surface area contributed by atoms with E-state index < -0.39 is 0 Å². The van der Waals surface area contributed by atoms with Gasteiger partial charge >= 0.3 is 6.01 Å². The second-order valence-electron chi connectivity index (χ2n) is 8.09. The van der Waals surface area contributed by atoms with Gasteiger partial charge in [0.25, 0.3) is 0 Å². The lowest BCUT2D eigenvalue weighted by molar-refractivity contribution is -0.127.